The van der Waals surface area contributed by atoms with Crippen LogP contribution in [0.1, 0.15) is 30.9 Å². The summed E-state index contributed by atoms with van der Waals surface area (Å²) in [6, 6.07) is 5.50. The minimum atomic E-state index is -4.39. The Morgan fingerprint density at radius 3 is 2.67 bits per heavy atom. The number of nitrogens with one attached hydrogen (secondary N) is 2. The van der Waals surface area contributed by atoms with Crippen molar-refractivity contribution in [3.63, 3.8) is 0 Å². The molecule has 1 aromatic rings. The van der Waals surface area contributed by atoms with Crippen LogP contribution >= 0.6 is 24.0 Å². The summed E-state index contributed by atoms with van der Waals surface area (Å²) in [7, 11) is 3.32. The molecule has 1 aromatic carbocycles. The van der Waals surface area contributed by atoms with E-state index in [0.717, 1.165) is 38.1 Å². The van der Waals surface area contributed by atoms with E-state index in [1.54, 1.807) is 20.2 Å². The Labute approximate surface area is 193 Å². The first-order valence-corrected chi connectivity index (χ1v) is 9.83. The highest BCUT2D eigenvalue weighted by Crippen LogP contribution is 2.29. The number of amides is 1. The fourth-order valence-electron chi connectivity index (χ4n) is 3.27. The summed E-state index contributed by atoms with van der Waals surface area (Å²) in [5.41, 5.74) is -0.240. The van der Waals surface area contributed by atoms with Crippen molar-refractivity contribution >= 4 is 35.8 Å². The third-order valence-electron chi connectivity index (χ3n) is 4.99. The molecule has 1 aliphatic heterocycles. The predicted molar refractivity (Wildman–Crippen MR) is 123 cm³/mol. The number of nitrogens with zero attached hydrogens (tertiary/aromatic N) is 3. The topological polar surface area (TPSA) is 60.0 Å². The second-order valence-electron chi connectivity index (χ2n) is 7.31. The van der Waals surface area contributed by atoms with Crippen LogP contribution in [0.25, 0.3) is 0 Å². The van der Waals surface area contributed by atoms with Crippen LogP contribution in [0, 0.1) is 0 Å². The van der Waals surface area contributed by atoms with Gasteiger partial charge in [0.2, 0.25) is 5.91 Å². The maximum absolute atomic E-state index is 12.9. The number of carbonyl (C=O) groups is 1. The van der Waals surface area contributed by atoms with Crippen LogP contribution in [-0.2, 0) is 17.5 Å². The predicted octanol–water partition coefficient (Wildman–Crippen LogP) is 2.93. The maximum Gasteiger partial charge on any atom is 0.416 e. The van der Waals surface area contributed by atoms with Crippen molar-refractivity contribution in [3.05, 3.63) is 35.4 Å². The molecular weight excluding hydrogens is 510 g/mol. The molecule has 1 saturated heterocycles. The van der Waals surface area contributed by atoms with Crippen LogP contribution in [0.4, 0.5) is 13.2 Å². The zero-order chi connectivity index (χ0) is 21.4. The Hall–Kier alpha value is -1.56. The lowest BCUT2D eigenvalue weighted by atomic mass is 10.1. The van der Waals surface area contributed by atoms with Gasteiger partial charge in [-0.3, -0.25) is 9.69 Å². The minimum absolute atomic E-state index is 0. The molecule has 10 heteroatoms. The number of aliphatic imine (C=N–C) groups is 1. The lowest BCUT2D eigenvalue weighted by molar-refractivity contribution is -0.137. The number of carbonyl (C=O) groups excluding carboxylic acids is 1. The molecular formula is C20H31F3IN5O. The summed E-state index contributed by atoms with van der Waals surface area (Å²) in [6.07, 6.45) is -2.16. The first kappa shape index (κ1) is 26.5. The average Bonchev–Trinajstić information content (AvgIpc) is 3.14. The molecule has 0 saturated carbocycles. The summed E-state index contributed by atoms with van der Waals surface area (Å²) in [6.45, 7) is 4.95. The molecule has 1 amide bonds. The highest BCUT2D eigenvalue weighted by Gasteiger charge is 2.30. The monoisotopic (exact) mass is 541 g/mol. The third-order valence-corrected chi connectivity index (χ3v) is 4.99. The fraction of sp³-hybridized carbons (Fsp3) is 0.600. The van der Waals surface area contributed by atoms with Crippen molar-refractivity contribution in [1.82, 2.24) is 20.4 Å². The van der Waals surface area contributed by atoms with Gasteiger partial charge in [-0.05, 0) is 43.6 Å². The number of guanidine groups is 1. The van der Waals surface area contributed by atoms with Crippen LogP contribution in [0.2, 0.25) is 0 Å². The first-order chi connectivity index (χ1) is 13.7. The molecule has 30 heavy (non-hydrogen) atoms. The van der Waals surface area contributed by atoms with Gasteiger partial charge in [0, 0.05) is 26.7 Å². The van der Waals surface area contributed by atoms with Gasteiger partial charge in [0.1, 0.15) is 0 Å². The van der Waals surface area contributed by atoms with Gasteiger partial charge in [-0.15, -0.1) is 24.0 Å². The van der Waals surface area contributed by atoms with Crippen molar-refractivity contribution in [1.29, 1.82) is 0 Å². The Balaban J connectivity index is 0.00000450. The van der Waals surface area contributed by atoms with E-state index in [0.29, 0.717) is 24.1 Å². The lowest BCUT2D eigenvalue weighted by Gasteiger charge is -2.24. The van der Waals surface area contributed by atoms with E-state index in [1.807, 2.05) is 0 Å². The smallest absolute Gasteiger partial charge is 0.355 e. The Morgan fingerprint density at radius 2 is 2.03 bits per heavy atom. The minimum Gasteiger partial charge on any atom is -0.355 e. The number of hydrogen-bond donors (Lipinski definition) is 2. The number of rotatable bonds is 7. The van der Waals surface area contributed by atoms with Gasteiger partial charge in [-0.25, -0.2) is 4.99 Å². The molecule has 170 valence electrons. The normalized spacial score (nSPS) is 17.4. The van der Waals surface area contributed by atoms with Crippen LogP contribution < -0.4 is 10.6 Å². The van der Waals surface area contributed by atoms with Crippen LogP contribution in [-0.4, -0.2) is 68.0 Å². The standard InChI is InChI=1S/C20H30F3N5O.HI/c1-4-28-10-6-9-17(28)13-25-19(26-14-18(29)27(2)3)24-12-15-7-5-8-16(11-15)20(21,22)23;/h5,7-8,11,17H,4,6,9-10,12-14H2,1-3H3,(H2,24,25,26);1H. The van der Waals surface area contributed by atoms with Crippen LogP contribution in [0.15, 0.2) is 29.3 Å². The maximum atomic E-state index is 12.9. The van der Waals surface area contributed by atoms with Crippen molar-refractivity contribution in [2.75, 3.05) is 40.3 Å². The Kier molecular flexibility index (Phi) is 10.9. The number of halogens is 4. The van der Waals surface area contributed by atoms with Gasteiger partial charge in [0.25, 0.3) is 0 Å². The van der Waals surface area contributed by atoms with Gasteiger partial charge < -0.3 is 15.5 Å². The SMILES string of the molecule is CCN1CCCC1CNC(=NCc1cccc(C(F)(F)F)c1)NCC(=O)N(C)C.I. The van der Waals surface area contributed by atoms with E-state index in [-0.39, 0.29) is 43.0 Å². The summed E-state index contributed by atoms with van der Waals surface area (Å²) in [5.74, 6) is 0.301. The van der Waals surface area contributed by atoms with E-state index < -0.39 is 11.7 Å². The molecule has 1 atom stereocenters. The summed E-state index contributed by atoms with van der Waals surface area (Å²) >= 11 is 0. The number of hydrogen-bond acceptors (Lipinski definition) is 3. The van der Waals surface area contributed by atoms with Gasteiger partial charge in [0.05, 0.1) is 18.7 Å². The second kappa shape index (κ2) is 12.3. The molecule has 0 aliphatic carbocycles. The number of alkyl halides is 3. The second-order valence-corrected chi connectivity index (χ2v) is 7.31. The van der Waals surface area contributed by atoms with Gasteiger partial charge in [0.15, 0.2) is 5.96 Å². The van der Waals surface area contributed by atoms with E-state index in [2.05, 4.69) is 27.4 Å². The summed E-state index contributed by atoms with van der Waals surface area (Å²) < 4.78 is 38.7. The third kappa shape index (κ3) is 8.29. The molecule has 1 fully saturated rings. The van der Waals surface area contributed by atoms with Gasteiger partial charge in [-0.1, -0.05) is 19.1 Å². The van der Waals surface area contributed by atoms with E-state index >= 15 is 0 Å². The Bertz CT molecular complexity index is 712. The van der Waals surface area contributed by atoms with Crippen molar-refractivity contribution in [3.8, 4) is 0 Å². The molecule has 6 nitrogen and oxygen atoms in total. The molecule has 1 unspecified atom stereocenters. The van der Waals surface area contributed by atoms with E-state index in [4.69, 9.17) is 0 Å². The first-order valence-electron chi connectivity index (χ1n) is 9.83. The molecule has 1 aliphatic rings. The summed E-state index contributed by atoms with van der Waals surface area (Å²) in [5, 5.41) is 6.22. The van der Waals surface area contributed by atoms with E-state index in [9.17, 15) is 18.0 Å². The van der Waals surface area contributed by atoms with Crippen LogP contribution in [0.5, 0.6) is 0 Å². The Morgan fingerprint density at radius 1 is 1.30 bits per heavy atom. The quantitative estimate of drug-likeness (QED) is 0.317. The van der Waals surface area contributed by atoms with Gasteiger partial charge >= 0.3 is 6.18 Å². The lowest BCUT2D eigenvalue weighted by Crippen LogP contribution is -2.47. The largest absolute Gasteiger partial charge is 0.416 e. The molecule has 0 spiro atoms. The zero-order valence-corrected chi connectivity index (χ0v) is 20.0. The number of likely N-dealkylation sites (tertiary alicyclic amines) is 1. The van der Waals surface area contributed by atoms with Crippen molar-refractivity contribution < 1.29 is 18.0 Å². The zero-order valence-electron chi connectivity index (χ0n) is 17.6. The van der Waals surface area contributed by atoms with E-state index in [1.165, 1.54) is 11.0 Å². The van der Waals surface area contributed by atoms with Crippen molar-refractivity contribution in [2.45, 2.75) is 38.5 Å². The number of benzene rings is 1. The summed E-state index contributed by atoms with van der Waals surface area (Å²) in [4.78, 5) is 20.1. The fourth-order valence-corrected chi connectivity index (χ4v) is 3.27. The average molecular weight is 541 g/mol. The van der Waals surface area contributed by atoms with Gasteiger partial charge in [-0.2, -0.15) is 13.2 Å². The highest BCUT2D eigenvalue weighted by atomic mass is 127. The highest BCUT2D eigenvalue weighted by molar-refractivity contribution is 14.0. The van der Waals surface area contributed by atoms with Crippen LogP contribution in [0.3, 0.4) is 0 Å². The molecule has 0 bridgehead atoms. The molecule has 0 aromatic heterocycles. The number of likely N-dealkylation sites (N-methyl/N-ethyl adjacent to an activating group) is 2. The van der Waals surface area contributed by atoms with Crippen molar-refractivity contribution in [2.24, 2.45) is 4.99 Å². The molecule has 1 heterocycles. The molecule has 2 N–H and O–H groups in total. The molecule has 0 radical (unpaired) electrons. The molecule has 2 rings (SSSR count).